The van der Waals surface area contributed by atoms with Crippen LogP contribution < -0.4 is 0 Å². The molecule has 3 heterocycles. The number of hydrogen-bond acceptors (Lipinski definition) is 5. The van der Waals surface area contributed by atoms with E-state index in [0.29, 0.717) is 25.5 Å². The minimum absolute atomic E-state index is 0.109. The highest BCUT2D eigenvalue weighted by Gasteiger charge is 2.19. The van der Waals surface area contributed by atoms with E-state index in [4.69, 9.17) is 4.74 Å². The van der Waals surface area contributed by atoms with E-state index in [0.717, 1.165) is 36.7 Å². The van der Waals surface area contributed by atoms with E-state index in [9.17, 15) is 4.79 Å². The molecule has 0 aliphatic carbocycles. The van der Waals surface area contributed by atoms with Crippen LogP contribution in [0.4, 0.5) is 0 Å². The summed E-state index contributed by atoms with van der Waals surface area (Å²) in [5, 5.41) is 8.44. The maximum Gasteiger partial charge on any atom is 0.272 e. The van der Waals surface area contributed by atoms with Crippen molar-refractivity contribution in [2.75, 3.05) is 20.3 Å². The van der Waals surface area contributed by atoms with Crippen molar-refractivity contribution in [1.82, 2.24) is 24.6 Å². The molecule has 122 valence electrons. The third-order valence-electron chi connectivity index (χ3n) is 3.95. The van der Waals surface area contributed by atoms with Crippen LogP contribution in [0.1, 0.15) is 34.8 Å². The SMILES string of the molecule is CCc1cccc(C(=O)N(C)Cc2nnc3n2CCOCC3)n1. The normalized spacial score (nSPS) is 14.2. The summed E-state index contributed by atoms with van der Waals surface area (Å²) < 4.78 is 7.51. The van der Waals surface area contributed by atoms with Gasteiger partial charge in [-0.1, -0.05) is 13.0 Å². The molecular formula is C16H21N5O2. The summed E-state index contributed by atoms with van der Waals surface area (Å²) in [6.07, 6.45) is 1.56. The van der Waals surface area contributed by atoms with Crippen LogP contribution in [-0.4, -0.2) is 50.8 Å². The number of fused-ring (bicyclic) bond motifs is 1. The van der Waals surface area contributed by atoms with Crippen molar-refractivity contribution in [1.29, 1.82) is 0 Å². The molecule has 7 heteroatoms. The summed E-state index contributed by atoms with van der Waals surface area (Å²) >= 11 is 0. The van der Waals surface area contributed by atoms with E-state index in [-0.39, 0.29) is 5.91 Å². The topological polar surface area (TPSA) is 73.1 Å². The van der Waals surface area contributed by atoms with Crippen molar-refractivity contribution in [3.05, 3.63) is 41.2 Å². The molecule has 0 fully saturated rings. The molecule has 0 radical (unpaired) electrons. The third-order valence-corrected chi connectivity index (χ3v) is 3.95. The second-order valence-electron chi connectivity index (χ2n) is 5.58. The van der Waals surface area contributed by atoms with E-state index in [1.807, 2.05) is 23.6 Å². The van der Waals surface area contributed by atoms with Crippen LogP contribution in [0.15, 0.2) is 18.2 Å². The van der Waals surface area contributed by atoms with Crippen molar-refractivity contribution in [3.63, 3.8) is 0 Å². The van der Waals surface area contributed by atoms with Gasteiger partial charge < -0.3 is 14.2 Å². The second-order valence-corrected chi connectivity index (χ2v) is 5.58. The lowest BCUT2D eigenvalue weighted by Gasteiger charge is -2.17. The Balaban J connectivity index is 1.75. The lowest BCUT2D eigenvalue weighted by atomic mass is 10.2. The minimum Gasteiger partial charge on any atom is -0.379 e. The zero-order chi connectivity index (χ0) is 16.2. The Morgan fingerprint density at radius 3 is 3.04 bits per heavy atom. The summed E-state index contributed by atoms with van der Waals surface area (Å²) in [6.45, 7) is 4.47. The average Bonchev–Trinajstić information content (AvgIpc) is 2.81. The Kier molecular flexibility index (Phi) is 4.66. The number of ether oxygens (including phenoxy) is 1. The van der Waals surface area contributed by atoms with Gasteiger partial charge in [0, 0.05) is 25.7 Å². The van der Waals surface area contributed by atoms with E-state index < -0.39 is 0 Å². The van der Waals surface area contributed by atoms with Crippen LogP contribution in [0.25, 0.3) is 0 Å². The summed E-state index contributed by atoms with van der Waals surface area (Å²) in [5.74, 6) is 1.60. The molecule has 23 heavy (non-hydrogen) atoms. The van der Waals surface area contributed by atoms with Crippen LogP contribution in [0.5, 0.6) is 0 Å². The summed E-state index contributed by atoms with van der Waals surface area (Å²) in [7, 11) is 1.76. The molecule has 7 nitrogen and oxygen atoms in total. The fourth-order valence-electron chi connectivity index (χ4n) is 2.63. The van der Waals surface area contributed by atoms with Crippen molar-refractivity contribution >= 4 is 5.91 Å². The van der Waals surface area contributed by atoms with Gasteiger partial charge in [-0.2, -0.15) is 0 Å². The first-order valence-corrected chi connectivity index (χ1v) is 7.89. The number of aromatic nitrogens is 4. The molecule has 2 aromatic heterocycles. The number of rotatable bonds is 4. The number of amides is 1. The molecule has 1 aliphatic heterocycles. The average molecular weight is 315 g/mol. The number of carbonyl (C=O) groups excluding carboxylic acids is 1. The summed E-state index contributed by atoms with van der Waals surface area (Å²) in [4.78, 5) is 18.6. The van der Waals surface area contributed by atoms with E-state index in [2.05, 4.69) is 15.2 Å². The van der Waals surface area contributed by atoms with Crippen molar-refractivity contribution in [3.8, 4) is 0 Å². The Morgan fingerprint density at radius 2 is 2.22 bits per heavy atom. The number of carbonyl (C=O) groups is 1. The fraction of sp³-hybridized carbons (Fsp3) is 0.500. The largest absolute Gasteiger partial charge is 0.379 e. The van der Waals surface area contributed by atoms with Gasteiger partial charge in [0.2, 0.25) is 0 Å². The minimum atomic E-state index is -0.109. The predicted molar refractivity (Wildman–Crippen MR) is 84.0 cm³/mol. The molecule has 0 spiro atoms. The lowest BCUT2D eigenvalue weighted by molar-refractivity contribution is 0.0773. The zero-order valence-electron chi connectivity index (χ0n) is 13.5. The quantitative estimate of drug-likeness (QED) is 0.844. The molecule has 0 atom stereocenters. The van der Waals surface area contributed by atoms with E-state index in [1.54, 1.807) is 18.0 Å². The van der Waals surface area contributed by atoms with Crippen molar-refractivity contribution in [2.45, 2.75) is 32.9 Å². The van der Waals surface area contributed by atoms with Gasteiger partial charge in [-0.25, -0.2) is 4.98 Å². The van der Waals surface area contributed by atoms with Gasteiger partial charge in [-0.05, 0) is 18.6 Å². The van der Waals surface area contributed by atoms with Crippen LogP contribution in [0.2, 0.25) is 0 Å². The molecule has 0 N–H and O–H groups in total. The molecule has 0 saturated carbocycles. The summed E-state index contributed by atoms with van der Waals surface area (Å²) in [6, 6.07) is 5.54. The van der Waals surface area contributed by atoms with Crippen LogP contribution in [0, 0.1) is 0 Å². The van der Waals surface area contributed by atoms with Gasteiger partial charge in [-0.3, -0.25) is 4.79 Å². The van der Waals surface area contributed by atoms with Gasteiger partial charge in [0.15, 0.2) is 5.82 Å². The highest BCUT2D eigenvalue weighted by Crippen LogP contribution is 2.11. The predicted octanol–water partition coefficient (Wildman–Crippen LogP) is 1.08. The molecular weight excluding hydrogens is 294 g/mol. The maximum atomic E-state index is 12.6. The second kappa shape index (κ2) is 6.87. The Morgan fingerprint density at radius 1 is 1.35 bits per heavy atom. The molecule has 1 amide bonds. The summed E-state index contributed by atoms with van der Waals surface area (Å²) in [5.41, 5.74) is 1.38. The molecule has 0 saturated heterocycles. The van der Waals surface area contributed by atoms with Gasteiger partial charge in [0.05, 0.1) is 19.8 Å². The molecule has 0 unspecified atom stereocenters. The standard InChI is InChI=1S/C16H21N5O2/c1-3-12-5-4-6-13(17-12)16(22)20(2)11-15-19-18-14-7-9-23-10-8-21(14)15/h4-6H,3,7-11H2,1-2H3. The number of aryl methyl sites for hydroxylation is 1. The number of pyridine rings is 1. The number of nitrogens with zero attached hydrogens (tertiary/aromatic N) is 5. The Labute approximate surface area is 135 Å². The van der Waals surface area contributed by atoms with E-state index >= 15 is 0 Å². The van der Waals surface area contributed by atoms with Gasteiger partial charge >= 0.3 is 0 Å². The van der Waals surface area contributed by atoms with Gasteiger partial charge in [0.25, 0.3) is 5.91 Å². The van der Waals surface area contributed by atoms with Crippen molar-refractivity contribution in [2.24, 2.45) is 0 Å². The Hall–Kier alpha value is -2.28. The fourth-order valence-corrected chi connectivity index (χ4v) is 2.63. The van der Waals surface area contributed by atoms with E-state index in [1.165, 1.54) is 0 Å². The first-order valence-electron chi connectivity index (χ1n) is 7.89. The molecule has 0 bridgehead atoms. The smallest absolute Gasteiger partial charge is 0.272 e. The first kappa shape index (κ1) is 15.6. The number of hydrogen-bond donors (Lipinski definition) is 0. The molecule has 1 aliphatic rings. The first-order chi connectivity index (χ1) is 11.2. The van der Waals surface area contributed by atoms with Crippen LogP contribution in [0.3, 0.4) is 0 Å². The molecule has 2 aromatic rings. The van der Waals surface area contributed by atoms with Gasteiger partial charge in [-0.15, -0.1) is 10.2 Å². The monoisotopic (exact) mass is 315 g/mol. The maximum absolute atomic E-state index is 12.6. The zero-order valence-corrected chi connectivity index (χ0v) is 13.5. The van der Waals surface area contributed by atoms with Crippen LogP contribution >= 0.6 is 0 Å². The highest BCUT2D eigenvalue weighted by molar-refractivity contribution is 5.92. The highest BCUT2D eigenvalue weighted by atomic mass is 16.5. The van der Waals surface area contributed by atoms with Gasteiger partial charge in [0.1, 0.15) is 11.5 Å². The van der Waals surface area contributed by atoms with Crippen LogP contribution in [-0.2, 0) is 30.7 Å². The Bertz CT molecular complexity index is 698. The third kappa shape index (κ3) is 3.39. The molecule has 3 rings (SSSR count). The molecule has 0 aromatic carbocycles. The lowest BCUT2D eigenvalue weighted by Crippen LogP contribution is -2.29. The van der Waals surface area contributed by atoms with Crippen molar-refractivity contribution < 1.29 is 9.53 Å².